The lowest BCUT2D eigenvalue weighted by molar-refractivity contribution is 0.471. The van der Waals surface area contributed by atoms with Crippen LogP contribution in [0.4, 0.5) is 0 Å². The number of nitrogens with two attached hydrogens (primary N) is 1. The summed E-state index contributed by atoms with van der Waals surface area (Å²) in [4.78, 5) is 0. The fourth-order valence-corrected chi connectivity index (χ4v) is 2.53. The van der Waals surface area contributed by atoms with E-state index >= 15 is 0 Å². The Kier molecular flexibility index (Phi) is 3.40. The Labute approximate surface area is 104 Å². The topological polar surface area (TPSA) is 72.0 Å². The van der Waals surface area contributed by atoms with E-state index in [1.807, 2.05) is 19.9 Å². The first-order valence-electron chi connectivity index (χ1n) is 5.51. The SMILES string of the molecule is CCC(N)c1nnc(-c2cccc(O)c2C)s1. The van der Waals surface area contributed by atoms with E-state index in [9.17, 15) is 5.11 Å². The Balaban J connectivity index is 2.40. The monoisotopic (exact) mass is 249 g/mol. The zero-order valence-electron chi connectivity index (χ0n) is 9.84. The minimum Gasteiger partial charge on any atom is -0.508 e. The Morgan fingerprint density at radius 3 is 2.88 bits per heavy atom. The summed E-state index contributed by atoms with van der Waals surface area (Å²) in [6.45, 7) is 3.89. The van der Waals surface area contributed by atoms with Crippen LogP contribution in [0, 0.1) is 6.92 Å². The molecule has 0 spiro atoms. The minimum absolute atomic E-state index is 0.0566. The number of phenolic OH excluding ortho intramolecular Hbond substituents is 1. The predicted molar refractivity (Wildman–Crippen MR) is 69.0 cm³/mol. The van der Waals surface area contributed by atoms with E-state index in [0.717, 1.165) is 27.6 Å². The van der Waals surface area contributed by atoms with E-state index in [-0.39, 0.29) is 11.8 Å². The summed E-state index contributed by atoms with van der Waals surface area (Å²) in [6, 6.07) is 5.34. The van der Waals surface area contributed by atoms with Gasteiger partial charge in [0.05, 0.1) is 6.04 Å². The van der Waals surface area contributed by atoms with Crippen LogP contribution in [0.3, 0.4) is 0 Å². The summed E-state index contributed by atoms with van der Waals surface area (Å²) in [5, 5.41) is 19.5. The summed E-state index contributed by atoms with van der Waals surface area (Å²) in [7, 11) is 0. The molecule has 3 N–H and O–H groups in total. The van der Waals surface area contributed by atoms with Gasteiger partial charge in [0.2, 0.25) is 0 Å². The predicted octanol–water partition coefficient (Wildman–Crippen LogP) is 2.63. The van der Waals surface area contributed by atoms with Gasteiger partial charge in [0.15, 0.2) is 0 Å². The number of nitrogens with zero attached hydrogens (tertiary/aromatic N) is 2. The smallest absolute Gasteiger partial charge is 0.148 e. The summed E-state index contributed by atoms with van der Waals surface area (Å²) < 4.78 is 0. The number of benzene rings is 1. The molecule has 1 aromatic heterocycles. The molecule has 0 fully saturated rings. The number of hydrogen-bond donors (Lipinski definition) is 2. The maximum absolute atomic E-state index is 9.66. The van der Waals surface area contributed by atoms with Crippen molar-refractivity contribution in [2.45, 2.75) is 26.3 Å². The van der Waals surface area contributed by atoms with E-state index in [1.54, 1.807) is 12.1 Å². The highest BCUT2D eigenvalue weighted by Gasteiger charge is 2.14. The largest absolute Gasteiger partial charge is 0.508 e. The average Bonchev–Trinajstić information content (AvgIpc) is 2.81. The molecule has 0 aliphatic carbocycles. The van der Waals surface area contributed by atoms with Crippen molar-refractivity contribution in [3.63, 3.8) is 0 Å². The number of hydrogen-bond acceptors (Lipinski definition) is 5. The van der Waals surface area contributed by atoms with Crippen molar-refractivity contribution in [2.24, 2.45) is 5.73 Å². The van der Waals surface area contributed by atoms with Gasteiger partial charge in [0, 0.05) is 11.1 Å². The third kappa shape index (κ3) is 2.30. The van der Waals surface area contributed by atoms with E-state index in [4.69, 9.17) is 5.73 Å². The van der Waals surface area contributed by atoms with Crippen LogP contribution in [0.2, 0.25) is 0 Å². The first-order valence-corrected chi connectivity index (χ1v) is 6.33. The van der Waals surface area contributed by atoms with Crippen LogP contribution in [0.1, 0.15) is 30.0 Å². The van der Waals surface area contributed by atoms with E-state index in [0.29, 0.717) is 0 Å². The summed E-state index contributed by atoms with van der Waals surface area (Å²) in [5.74, 6) is 0.277. The molecule has 1 aromatic carbocycles. The number of phenols is 1. The third-order valence-electron chi connectivity index (χ3n) is 2.73. The number of aromatic nitrogens is 2. The zero-order valence-corrected chi connectivity index (χ0v) is 10.7. The molecule has 2 rings (SSSR count). The highest BCUT2D eigenvalue weighted by Crippen LogP contribution is 2.32. The van der Waals surface area contributed by atoms with Crippen molar-refractivity contribution in [3.8, 4) is 16.3 Å². The van der Waals surface area contributed by atoms with Gasteiger partial charge < -0.3 is 10.8 Å². The molecule has 0 radical (unpaired) electrons. The summed E-state index contributed by atoms with van der Waals surface area (Å²) >= 11 is 1.48. The highest BCUT2D eigenvalue weighted by molar-refractivity contribution is 7.14. The van der Waals surface area contributed by atoms with Crippen molar-refractivity contribution < 1.29 is 5.11 Å². The van der Waals surface area contributed by atoms with E-state index < -0.39 is 0 Å². The number of aromatic hydroxyl groups is 1. The second-order valence-electron chi connectivity index (χ2n) is 3.91. The van der Waals surface area contributed by atoms with E-state index in [2.05, 4.69) is 10.2 Å². The second kappa shape index (κ2) is 4.81. The third-order valence-corrected chi connectivity index (χ3v) is 3.82. The average molecular weight is 249 g/mol. The van der Waals surface area contributed by atoms with Crippen LogP contribution < -0.4 is 5.73 Å². The maximum Gasteiger partial charge on any atom is 0.148 e. The molecule has 0 amide bonds. The lowest BCUT2D eigenvalue weighted by Gasteiger charge is -2.03. The zero-order chi connectivity index (χ0) is 12.4. The molecular weight excluding hydrogens is 234 g/mol. The molecule has 0 saturated heterocycles. The molecule has 1 heterocycles. The van der Waals surface area contributed by atoms with Gasteiger partial charge in [-0.25, -0.2) is 0 Å². The van der Waals surface area contributed by atoms with Crippen molar-refractivity contribution in [2.75, 3.05) is 0 Å². The Morgan fingerprint density at radius 1 is 1.41 bits per heavy atom. The molecule has 0 aliphatic rings. The summed E-state index contributed by atoms with van der Waals surface area (Å²) in [6.07, 6.45) is 0.841. The molecule has 5 heteroatoms. The molecule has 0 aliphatic heterocycles. The van der Waals surface area contributed by atoms with Crippen molar-refractivity contribution in [1.29, 1.82) is 0 Å². The fourth-order valence-electron chi connectivity index (χ4n) is 1.52. The normalized spacial score (nSPS) is 12.6. The van der Waals surface area contributed by atoms with Crippen LogP contribution in [0.25, 0.3) is 10.6 Å². The van der Waals surface area contributed by atoms with E-state index in [1.165, 1.54) is 11.3 Å². The van der Waals surface area contributed by atoms with Crippen molar-refractivity contribution >= 4 is 11.3 Å². The Hall–Kier alpha value is -1.46. The van der Waals surface area contributed by atoms with Gasteiger partial charge in [0.25, 0.3) is 0 Å². The van der Waals surface area contributed by atoms with Crippen LogP contribution in [0.5, 0.6) is 5.75 Å². The van der Waals surface area contributed by atoms with Crippen LogP contribution in [-0.2, 0) is 0 Å². The van der Waals surface area contributed by atoms with Gasteiger partial charge in [-0.2, -0.15) is 0 Å². The number of rotatable bonds is 3. The molecule has 4 nitrogen and oxygen atoms in total. The van der Waals surface area contributed by atoms with Gasteiger partial charge in [-0.05, 0) is 19.4 Å². The molecule has 0 saturated carbocycles. The first kappa shape index (κ1) is 12.0. The van der Waals surface area contributed by atoms with Gasteiger partial charge in [-0.15, -0.1) is 10.2 Å². The van der Waals surface area contributed by atoms with Crippen LogP contribution >= 0.6 is 11.3 Å². The maximum atomic E-state index is 9.66. The molecule has 90 valence electrons. The van der Waals surface area contributed by atoms with Gasteiger partial charge in [-0.1, -0.05) is 30.4 Å². The minimum atomic E-state index is -0.0566. The fraction of sp³-hybridized carbons (Fsp3) is 0.333. The van der Waals surface area contributed by atoms with Gasteiger partial charge in [-0.3, -0.25) is 0 Å². The molecule has 1 atom stereocenters. The molecular formula is C12H15N3OS. The summed E-state index contributed by atoms with van der Waals surface area (Å²) in [5.41, 5.74) is 7.65. The van der Waals surface area contributed by atoms with Gasteiger partial charge in [0.1, 0.15) is 15.8 Å². The Morgan fingerprint density at radius 2 is 2.18 bits per heavy atom. The lowest BCUT2D eigenvalue weighted by atomic mass is 10.1. The standard InChI is InChI=1S/C12H15N3OS/c1-3-9(13)12-15-14-11(17-12)8-5-4-6-10(16)7(8)2/h4-6,9,16H,3,13H2,1-2H3. The quantitative estimate of drug-likeness (QED) is 0.877. The van der Waals surface area contributed by atoms with Crippen molar-refractivity contribution in [3.05, 3.63) is 28.8 Å². The molecule has 0 bridgehead atoms. The Bertz CT molecular complexity index is 524. The second-order valence-corrected chi connectivity index (χ2v) is 4.92. The van der Waals surface area contributed by atoms with Crippen LogP contribution in [-0.4, -0.2) is 15.3 Å². The first-order chi connectivity index (χ1) is 8.13. The molecule has 1 unspecified atom stereocenters. The van der Waals surface area contributed by atoms with Gasteiger partial charge >= 0.3 is 0 Å². The van der Waals surface area contributed by atoms with Crippen molar-refractivity contribution in [1.82, 2.24) is 10.2 Å². The lowest BCUT2D eigenvalue weighted by Crippen LogP contribution is -2.07. The highest BCUT2D eigenvalue weighted by atomic mass is 32.1. The van der Waals surface area contributed by atoms with Crippen LogP contribution in [0.15, 0.2) is 18.2 Å². The molecule has 2 aromatic rings. The molecule has 17 heavy (non-hydrogen) atoms.